The van der Waals surface area contributed by atoms with Crippen molar-refractivity contribution < 1.29 is 4.42 Å². The van der Waals surface area contributed by atoms with Gasteiger partial charge in [0.2, 0.25) is 0 Å². The number of nitrogen functional groups attached to an aromatic ring is 1. The van der Waals surface area contributed by atoms with Crippen LogP contribution in [0, 0.1) is 0 Å². The number of thioether (sulfide) groups is 1. The Morgan fingerprint density at radius 1 is 1.14 bits per heavy atom. The van der Waals surface area contributed by atoms with Crippen LogP contribution in [0.4, 0.5) is 11.4 Å². The molecule has 0 fully saturated rings. The van der Waals surface area contributed by atoms with Crippen LogP contribution in [-0.2, 0) is 0 Å². The van der Waals surface area contributed by atoms with Crippen molar-refractivity contribution >= 4 is 34.1 Å². The molecule has 21 heavy (non-hydrogen) atoms. The summed E-state index contributed by atoms with van der Waals surface area (Å²) in [5.74, 6) is 0. The first-order valence-electron chi connectivity index (χ1n) is 6.56. The van der Waals surface area contributed by atoms with Crippen LogP contribution in [0.1, 0.15) is 10.9 Å². The second kappa shape index (κ2) is 4.56. The van der Waals surface area contributed by atoms with Gasteiger partial charge in [0.15, 0.2) is 0 Å². The van der Waals surface area contributed by atoms with E-state index in [2.05, 4.69) is 5.32 Å². The number of anilines is 2. The average molecular weight is 296 g/mol. The molecule has 0 saturated carbocycles. The van der Waals surface area contributed by atoms with Gasteiger partial charge < -0.3 is 15.5 Å². The third kappa shape index (κ3) is 2.06. The summed E-state index contributed by atoms with van der Waals surface area (Å²) in [6, 6.07) is 15.2. The molecule has 4 nitrogen and oxygen atoms in total. The van der Waals surface area contributed by atoms with Crippen LogP contribution in [0.15, 0.2) is 62.6 Å². The van der Waals surface area contributed by atoms with Crippen molar-refractivity contribution in [1.29, 1.82) is 0 Å². The Labute approximate surface area is 125 Å². The van der Waals surface area contributed by atoms with E-state index in [1.807, 2.05) is 36.4 Å². The van der Waals surface area contributed by atoms with Gasteiger partial charge >= 0.3 is 5.63 Å². The Bertz CT molecular complexity index is 879. The van der Waals surface area contributed by atoms with Crippen LogP contribution in [-0.4, -0.2) is 0 Å². The molecule has 104 valence electrons. The first-order chi connectivity index (χ1) is 10.2. The Hall–Kier alpha value is -2.40. The molecule has 5 heteroatoms. The van der Waals surface area contributed by atoms with Crippen molar-refractivity contribution in [2.75, 3.05) is 11.1 Å². The van der Waals surface area contributed by atoms with Gasteiger partial charge in [-0.1, -0.05) is 23.9 Å². The zero-order chi connectivity index (χ0) is 14.4. The van der Waals surface area contributed by atoms with E-state index in [1.165, 1.54) is 0 Å². The monoisotopic (exact) mass is 296 g/mol. The van der Waals surface area contributed by atoms with Crippen LogP contribution >= 0.6 is 11.8 Å². The van der Waals surface area contributed by atoms with Gasteiger partial charge in [0, 0.05) is 27.7 Å². The van der Waals surface area contributed by atoms with Crippen LogP contribution in [0.25, 0.3) is 11.0 Å². The minimum Gasteiger partial charge on any atom is -0.422 e. The van der Waals surface area contributed by atoms with Crippen LogP contribution in [0.5, 0.6) is 0 Å². The molecule has 1 unspecified atom stereocenters. The molecule has 3 aromatic rings. The number of nitrogens with one attached hydrogen (secondary N) is 1. The lowest BCUT2D eigenvalue weighted by Gasteiger charge is -2.10. The number of nitrogens with two attached hydrogens (primary N) is 1. The van der Waals surface area contributed by atoms with E-state index in [1.54, 1.807) is 23.9 Å². The Morgan fingerprint density at radius 3 is 2.86 bits per heavy atom. The Morgan fingerprint density at radius 2 is 2.00 bits per heavy atom. The van der Waals surface area contributed by atoms with Crippen molar-refractivity contribution in [3.8, 4) is 0 Å². The number of benzene rings is 2. The number of fused-ring (bicyclic) bond motifs is 2. The highest BCUT2D eigenvalue weighted by atomic mass is 32.2. The van der Waals surface area contributed by atoms with Crippen molar-refractivity contribution in [2.45, 2.75) is 10.3 Å². The average Bonchev–Trinajstić information content (AvgIpc) is 2.90. The largest absolute Gasteiger partial charge is 0.422 e. The first-order valence-corrected chi connectivity index (χ1v) is 7.44. The van der Waals surface area contributed by atoms with Crippen molar-refractivity contribution in [3.05, 3.63) is 64.5 Å². The van der Waals surface area contributed by atoms with Gasteiger partial charge in [-0.3, -0.25) is 0 Å². The van der Waals surface area contributed by atoms with E-state index >= 15 is 0 Å². The molecule has 0 saturated heterocycles. The van der Waals surface area contributed by atoms with Gasteiger partial charge in [-0.2, -0.15) is 0 Å². The summed E-state index contributed by atoms with van der Waals surface area (Å²) < 4.78 is 5.40. The Kier molecular flexibility index (Phi) is 2.68. The predicted molar refractivity (Wildman–Crippen MR) is 85.6 cm³/mol. The summed E-state index contributed by atoms with van der Waals surface area (Å²) in [5.41, 5.74) is 8.15. The second-order valence-corrected chi connectivity index (χ2v) is 6.07. The molecule has 3 N–H and O–H groups in total. The maximum atomic E-state index is 12.2. The van der Waals surface area contributed by atoms with Crippen molar-refractivity contribution in [3.63, 3.8) is 0 Å². The van der Waals surface area contributed by atoms with Crippen molar-refractivity contribution in [2.24, 2.45) is 0 Å². The normalized spacial score (nSPS) is 16.7. The highest BCUT2D eigenvalue weighted by Gasteiger charge is 2.25. The van der Waals surface area contributed by atoms with Crippen LogP contribution < -0.4 is 16.7 Å². The zero-order valence-corrected chi connectivity index (χ0v) is 11.8. The third-order valence-corrected chi connectivity index (χ3v) is 4.71. The Balaban J connectivity index is 1.80. The molecule has 1 aliphatic rings. The lowest BCUT2D eigenvalue weighted by Crippen LogP contribution is -2.13. The third-order valence-electron chi connectivity index (χ3n) is 3.49. The van der Waals surface area contributed by atoms with E-state index in [9.17, 15) is 4.79 Å². The van der Waals surface area contributed by atoms with E-state index in [0.717, 1.165) is 16.0 Å². The molecule has 4 rings (SSSR count). The molecule has 1 aromatic heterocycles. The summed E-state index contributed by atoms with van der Waals surface area (Å²) in [7, 11) is 0. The zero-order valence-electron chi connectivity index (χ0n) is 11.0. The molecule has 0 amide bonds. The van der Waals surface area contributed by atoms with E-state index in [-0.39, 0.29) is 11.0 Å². The lowest BCUT2D eigenvalue weighted by atomic mass is 10.1. The molecular formula is C16H12N2O2S. The summed E-state index contributed by atoms with van der Waals surface area (Å²) in [4.78, 5) is 13.4. The van der Waals surface area contributed by atoms with Crippen LogP contribution in [0.2, 0.25) is 0 Å². The fraction of sp³-hybridized carbons (Fsp3) is 0.0625. The highest BCUT2D eigenvalue weighted by molar-refractivity contribution is 8.00. The van der Waals surface area contributed by atoms with Gasteiger partial charge in [0.05, 0.1) is 5.56 Å². The number of hydrogen-bond donors (Lipinski definition) is 2. The van der Waals surface area contributed by atoms with Crippen molar-refractivity contribution in [1.82, 2.24) is 0 Å². The fourth-order valence-electron chi connectivity index (χ4n) is 2.45. The summed E-state index contributed by atoms with van der Waals surface area (Å²) >= 11 is 1.62. The minimum absolute atomic E-state index is 0.124. The van der Waals surface area contributed by atoms with E-state index in [4.69, 9.17) is 10.2 Å². The molecule has 0 radical (unpaired) electrons. The summed E-state index contributed by atoms with van der Waals surface area (Å²) in [6.07, 6.45) is 0. The lowest BCUT2D eigenvalue weighted by molar-refractivity contribution is 0.551. The quantitative estimate of drug-likeness (QED) is 0.530. The van der Waals surface area contributed by atoms with E-state index in [0.29, 0.717) is 16.8 Å². The van der Waals surface area contributed by atoms with Gasteiger partial charge in [-0.05, 0) is 30.3 Å². The molecule has 1 atom stereocenters. The SMILES string of the molecule is Nc1ccc2cc(C3Nc4ccccc4S3)c(=O)oc2c1. The molecule has 0 aliphatic carbocycles. The van der Waals surface area contributed by atoms with Gasteiger partial charge in [0.25, 0.3) is 0 Å². The molecular weight excluding hydrogens is 284 g/mol. The maximum Gasteiger partial charge on any atom is 0.342 e. The van der Waals surface area contributed by atoms with E-state index < -0.39 is 0 Å². The number of hydrogen-bond acceptors (Lipinski definition) is 5. The molecule has 0 spiro atoms. The number of rotatable bonds is 1. The standard InChI is InChI=1S/C16H12N2O2S/c17-10-6-5-9-7-11(16(19)20-13(9)8-10)15-18-12-3-1-2-4-14(12)21-15/h1-8,15,18H,17H2. The fourth-order valence-corrected chi connectivity index (χ4v) is 3.60. The molecule has 1 aliphatic heterocycles. The minimum atomic E-state index is -0.328. The first kappa shape index (κ1) is 12.3. The molecule has 2 aromatic carbocycles. The topological polar surface area (TPSA) is 68.3 Å². The molecule has 2 heterocycles. The smallest absolute Gasteiger partial charge is 0.342 e. The molecule has 0 bridgehead atoms. The highest BCUT2D eigenvalue weighted by Crippen LogP contribution is 2.45. The van der Waals surface area contributed by atoms with Crippen LogP contribution in [0.3, 0.4) is 0 Å². The van der Waals surface area contributed by atoms with Gasteiger partial charge in [0.1, 0.15) is 11.0 Å². The van der Waals surface area contributed by atoms with Gasteiger partial charge in [-0.15, -0.1) is 0 Å². The number of para-hydroxylation sites is 1. The predicted octanol–water partition coefficient (Wildman–Crippen LogP) is 3.59. The summed E-state index contributed by atoms with van der Waals surface area (Å²) in [5, 5.41) is 4.09. The summed E-state index contributed by atoms with van der Waals surface area (Å²) in [6.45, 7) is 0. The maximum absolute atomic E-state index is 12.2. The van der Waals surface area contributed by atoms with Gasteiger partial charge in [-0.25, -0.2) is 4.79 Å². The second-order valence-electron chi connectivity index (χ2n) is 4.92.